The summed E-state index contributed by atoms with van der Waals surface area (Å²) < 4.78 is 28.4. The van der Waals surface area contributed by atoms with E-state index in [1.165, 1.54) is 12.1 Å². The lowest BCUT2D eigenvalue weighted by Crippen LogP contribution is -2.47. The van der Waals surface area contributed by atoms with E-state index in [4.69, 9.17) is 0 Å². The monoisotopic (exact) mass is 530 g/mol. The Morgan fingerprint density at radius 3 is 1.97 bits per heavy atom. The number of rotatable bonds is 10. The predicted octanol–water partition coefficient (Wildman–Crippen LogP) is 3.62. The summed E-state index contributed by atoms with van der Waals surface area (Å²) in [6, 6.07) is 29.1. The molecule has 0 spiro atoms. The molecule has 4 rings (SSSR count). The van der Waals surface area contributed by atoms with E-state index in [1.54, 1.807) is 78.9 Å². The Morgan fingerprint density at radius 1 is 0.763 bits per heavy atom. The van der Waals surface area contributed by atoms with Crippen molar-refractivity contribution in [1.82, 2.24) is 9.62 Å². The van der Waals surface area contributed by atoms with E-state index in [2.05, 4.69) is 0 Å². The van der Waals surface area contributed by atoms with Crippen molar-refractivity contribution in [3.05, 3.63) is 114 Å². The third kappa shape index (κ3) is 6.63. The first-order valence-electron chi connectivity index (χ1n) is 11.9. The molecule has 2 N–H and O–H groups in total. The molecule has 4 aromatic rings. The van der Waals surface area contributed by atoms with Gasteiger partial charge in [-0.25, -0.2) is 13.1 Å². The number of carbonyl (C=O) groups excluding carboxylic acids is 2. The first kappa shape index (κ1) is 26.6. The molecule has 0 aliphatic rings. The molecule has 0 aliphatic carbocycles. The quantitative estimate of drug-likeness (QED) is 0.302. The molecule has 194 valence electrons. The number of carboxylic acid groups (broad SMARTS) is 1. The van der Waals surface area contributed by atoms with Gasteiger partial charge in [-0.05, 0) is 40.5 Å². The van der Waals surface area contributed by atoms with Crippen LogP contribution in [0.1, 0.15) is 11.1 Å². The van der Waals surface area contributed by atoms with Crippen LogP contribution in [0.5, 0.6) is 0 Å². The number of carbonyl (C=O) groups is 3. The van der Waals surface area contributed by atoms with Crippen LogP contribution in [0.2, 0.25) is 0 Å². The molecule has 0 radical (unpaired) electrons. The Kier molecular flexibility index (Phi) is 8.18. The molecular formula is C29H26N2O6S. The Labute approximate surface area is 220 Å². The largest absolute Gasteiger partial charge is 0.480 e. The van der Waals surface area contributed by atoms with Gasteiger partial charge in [0, 0.05) is 6.54 Å². The molecule has 0 bridgehead atoms. The molecule has 0 aliphatic heterocycles. The zero-order valence-corrected chi connectivity index (χ0v) is 21.2. The van der Waals surface area contributed by atoms with Gasteiger partial charge >= 0.3 is 5.97 Å². The molecule has 38 heavy (non-hydrogen) atoms. The third-order valence-electron chi connectivity index (χ3n) is 6.02. The topological polar surface area (TPSA) is 121 Å². The van der Waals surface area contributed by atoms with E-state index in [0.29, 0.717) is 16.5 Å². The van der Waals surface area contributed by atoms with E-state index >= 15 is 0 Å². The second kappa shape index (κ2) is 11.7. The van der Waals surface area contributed by atoms with Gasteiger partial charge in [-0.15, -0.1) is 0 Å². The second-order valence-electron chi connectivity index (χ2n) is 8.79. The zero-order chi connectivity index (χ0) is 27.1. The molecular weight excluding hydrogens is 504 g/mol. The standard InChI is InChI=1S/C29H26N2O6S/c32-27(33)20-31(19-22-11-5-2-6-12-22)29(35)26(17-21-9-3-1-4-10-21)28(34)30-38(36,37)25-16-15-23-13-7-8-14-24(23)18-25/h1-16,18,26H,17,19-20H2,(H,30,34)(H,32,33). The molecule has 2 amide bonds. The lowest BCUT2D eigenvalue weighted by atomic mass is 9.97. The number of carboxylic acids is 1. The minimum absolute atomic E-state index is 0.0536. The fraction of sp³-hybridized carbons (Fsp3) is 0.138. The maximum absolute atomic E-state index is 13.6. The van der Waals surface area contributed by atoms with Gasteiger partial charge in [-0.2, -0.15) is 0 Å². The second-order valence-corrected chi connectivity index (χ2v) is 10.5. The molecule has 4 aromatic carbocycles. The number of hydrogen-bond donors (Lipinski definition) is 2. The Morgan fingerprint density at radius 2 is 1.34 bits per heavy atom. The highest BCUT2D eigenvalue weighted by Gasteiger charge is 2.34. The number of benzene rings is 4. The maximum Gasteiger partial charge on any atom is 0.323 e. The molecule has 0 fully saturated rings. The molecule has 1 unspecified atom stereocenters. The van der Waals surface area contributed by atoms with Gasteiger partial charge < -0.3 is 10.0 Å². The number of sulfonamides is 1. The van der Waals surface area contributed by atoms with Crippen molar-refractivity contribution in [2.75, 3.05) is 6.54 Å². The number of nitrogens with zero attached hydrogens (tertiary/aromatic N) is 1. The van der Waals surface area contributed by atoms with E-state index in [9.17, 15) is 27.9 Å². The van der Waals surface area contributed by atoms with Crippen molar-refractivity contribution in [2.24, 2.45) is 5.92 Å². The summed E-state index contributed by atoms with van der Waals surface area (Å²) in [6.45, 7) is -0.703. The van der Waals surface area contributed by atoms with Gasteiger partial charge in [0.15, 0.2) is 0 Å². The maximum atomic E-state index is 13.6. The van der Waals surface area contributed by atoms with Crippen LogP contribution in [0.4, 0.5) is 0 Å². The van der Waals surface area contributed by atoms with Crippen molar-refractivity contribution in [3.63, 3.8) is 0 Å². The molecule has 0 heterocycles. The lowest BCUT2D eigenvalue weighted by molar-refractivity contribution is -0.149. The van der Waals surface area contributed by atoms with Gasteiger partial charge in [0.1, 0.15) is 12.5 Å². The molecule has 8 nitrogen and oxygen atoms in total. The smallest absolute Gasteiger partial charge is 0.323 e. The summed E-state index contributed by atoms with van der Waals surface area (Å²) in [4.78, 5) is 39.5. The minimum atomic E-state index is -4.32. The van der Waals surface area contributed by atoms with E-state index < -0.39 is 40.3 Å². The molecule has 1 atom stereocenters. The van der Waals surface area contributed by atoms with Crippen LogP contribution < -0.4 is 4.72 Å². The minimum Gasteiger partial charge on any atom is -0.480 e. The predicted molar refractivity (Wildman–Crippen MR) is 142 cm³/mol. The summed E-state index contributed by atoms with van der Waals surface area (Å²) in [5.74, 6) is -4.55. The number of amides is 2. The third-order valence-corrected chi connectivity index (χ3v) is 7.36. The fourth-order valence-electron chi connectivity index (χ4n) is 4.14. The first-order chi connectivity index (χ1) is 18.2. The summed E-state index contributed by atoms with van der Waals surface area (Å²) in [7, 11) is -4.32. The van der Waals surface area contributed by atoms with Crippen LogP contribution in [-0.4, -0.2) is 42.8 Å². The molecule has 0 aromatic heterocycles. The van der Waals surface area contributed by atoms with Gasteiger partial charge in [0.2, 0.25) is 11.8 Å². The Balaban J connectivity index is 1.64. The molecule has 0 saturated heterocycles. The van der Waals surface area contributed by atoms with Gasteiger partial charge in [0.05, 0.1) is 4.90 Å². The van der Waals surface area contributed by atoms with E-state index in [1.807, 2.05) is 16.9 Å². The first-order valence-corrected chi connectivity index (χ1v) is 13.3. The van der Waals surface area contributed by atoms with Crippen molar-refractivity contribution in [1.29, 1.82) is 0 Å². The van der Waals surface area contributed by atoms with Crippen LogP contribution in [0.25, 0.3) is 10.8 Å². The lowest BCUT2D eigenvalue weighted by Gasteiger charge is -2.26. The van der Waals surface area contributed by atoms with Crippen molar-refractivity contribution in [3.8, 4) is 0 Å². The average Bonchev–Trinajstić information content (AvgIpc) is 2.91. The summed E-state index contributed by atoms with van der Waals surface area (Å²) in [5.41, 5.74) is 1.30. The highest BCUT2D eigenvalue weighted by molar-refractivity contribution is 7.90. The molecule has 0 saturated carbocycles. The van der Waals surface area contributed by atoms with E-state index in [0.717, 1.165) is 10.3 Å². The van der Waals surface area contributed by atoms with Crippen LogP contribution >= 0.6 is 0 Å². The number of nitrogens with one attached hydrogen (secondary N) is 1. The Bertz CT molecular complexity index is 1560. The number of fused-ring (bicyclic) bond motifs is 1. The van der Waals surface area contributed by atoms with Crippen molar-refractivity contribution in [2.45, 2.75) is 17.9 Å². The summed E-state index contributed by atoms with van der Waals surface area (Å²) in [5, 5.41) is 11.0. The fourth-order valence-corrected chi connectivity index (χ4v) is 5.19. The SMILES string of the molecule is O=C(O)CN(Cc1ccccc1)C(=O)C(Cc1ccccc1)C(=O)NS(=O)(=O)c1ccc2ccccc2c1. The van der Waals surface area contributed by atoms with Crippen LogP contribution in [0.3, 0.4) is 0 Å². The zero-order valence-electron chi connectivity index (χ0n) is 20.4. The van der Waals surface area contributed by atoms with E-state index in [-0.39, 0.29) is 17.9 Å². The number of aliphatic carboxylic acids is 1. The van der Waals surface area contributed by atoms with Crippen molar-refractivity contribution < 1.29 is 27.9 Å². The summed E-state index contributed by atoms with van der Waals surface area (Å²) >= 11 is 0. The van der Waals surface area contributed by atoms with Crippen LogP contribution in [0.15, 0.2) is 108 Å². The van der Waals surface area contributed by atoms with Gasteiger partial charge in [0.25, 0.3) is 10.0 Å². The highest BCUT2D eigenvalue weighted by atomic mass is 32.2. The Hall–Kier alpha value is -4.50. The van der Waals surface area contributed by atoms with Crippen LogP contribution in [0, 0.1) is 5.92 Å². The number of hydrogen-bond acceptors (Lipinski definition) is 5. The van der Waals surface area contributed by atoms with Crippen LogP contribution in [-0.2, 0) is 37.4 Å². The summed E-state index contributed by atoms with van der Waals surface area (Å²) in [6.07, 6.45) is -0.107. The molecule has 9 heteroatoms. The van der Waals surface area contributed by atoms with Crippen molar-refractivity contribution >= 4 is 38.6 Å². The normalized spacial score (nSPS) is 12.0. The van der Waals surface area contributed by atoms with Gasteiger partial charge in [-0.1, -0.05) is 91.0 Å². The van der Waals surface area contributed by atoms with Gasteiger partial charge in [-0.3, -0.25) is 14.4 Å². The average molecular weight is 531 g/mol. The highest BCUT2D eigenvalue weighted by Crippen LogP contribution is 2.20.